The zero-order valence-electron chi connectivity index (χ0n) is 17.2. The molecule has 2 amide bonds. The molecule has 1 aliphatic carbocycles. The van der Waals surface area contributed by atoms with Crippen LogP contribution in [0.25, 0.3) is 0 Å². The van der Waals surface area contributed by atoms with Crippen LogP contribution in [-0.4, -0.2) is 66.7 Å². The normalized spacial score (nSPS) is 22.7. The van der Waals surface area contributed by atoms with Crippen LogP contribution in [0.2, 0.25) is 0 Å². The number of rotatable bonds is 4. The van der Waals surface area contributed by atoms with Crippen molar-refractivity contribution >= 4 is 23.4 Å². The van der Waals surface area contributed by atoms with E-state index in [1.165, 1.54) is 19.3 Å². The first-order valence-electron chi connectivity index (χ1n) is 10.8. The lowest BCUT2D eigenvalue weighted by atomic mass is 9.84. The van der Waals surface area contributed by atoms with Crippen molar-refractivity contribution in [3.05, 3.63) is 18.3 Å². The third-order valence-electron chi connectivity index (χ3n) is 6.27. The van der Waals surface area contributed by atoms with Crippen LogP contribution in [0.4, 0.5) is 16.3 Å². The van der Waals surface area contributed by atoms with Gasteiger partial charge >= 0.3 is 6.03 Å². The van der Waals surface area contributed by atoms with Crippen LogP contribution in [0.15, 0.2) is 23.3 Å². The smallest absolute Gasteiger partial charge is 0.317 e. The van der Waals surface area contributed by atoms with E-state index in [1.54, 1.807) is 13.3 Å². The number of aliphatic imine (C=N–C) groups is 1. The number of likely N-dealkylation sites (tertiary alicyclic amines) is 1. The second-order valence-electron chi connectivity index (χ2n) is 8.23. The number of aromatic nitrogens is 1. The highest BCUT2D eigenvalue weighted by Gasteiger charge is 2.43. The molecule has 1 saturated heterocycles. The van der Waals surface area contributed by atoms with Crippen LogP contribution in [0.3, 0.4) is 0 Å². The van der Waals surface area contributed by atoms with Gasteiger partial charge in [0.25, 0.3) is 0 Å². The van der Waals surface area contributed by atoms with Crippen LogP contribution in [0, 0.1) is 0 Å². The summed E-state index contributed by atoms with van der Waals surface area (Å²) in [5, 5.41) is 10.3. The van der Waals surface area contributed by atoms with E-state index in [0.29, 0.717) is 32.3 Å². The van der Waals surface area contributed by atoms with Gasteiger partial charge < -0.3 is 25.6 Å². The number of anilines is 2. The number of methoxy groups -OCH3 is 1. The molecule has 2 fully saturated rings. The maximum Gasteiger partial charge on any atom is 0.317 e. The Morgan fingerprint density at radius 2 is 2.14 bits per heavy atom. The van der Waals surface area contributed by atoms with E-state index in [2.05, 4.69) is 20.9 Å². The van der Waals surface area contributed by atoms with Crippen molar-refractivity contribution in [1.82, 2.24) is 15.2 Å². The summed E-state index contributed by atoms with van der Waals surface area (Å²) >= 11 is 0. The minimum atomic E-state index is -0.300. The monoisotopic (exact) mass is 400 g/mol. The quantitative estimate of drug-likeness (QED) is 0.676. The summed E-state index contributed by atoms with van der Waals surface area (Å²) in [6.45, 7) is 2.57. The number of pyridine rings is 1. The highest BCUT2D eigenvalue weighted by atomic mass is 16.5. The van der Waals surface area contributed by atoms with E-state index in [1.807, 2.05) is 17.0 Å². The molecule has 0 radical (unpaired) electrons. The molecular weight excluding hydrogens is 368 g/mol. The van der Waals surface area contributed by atoms with Crippen LogP contribution in [0.5, 0.6) is 0 Å². The Morgan fingerprint density at radius 3 is 2.90 bits per heavy atom. The van der Waals surface area contributed by atoms with Gasteiger partial charge in [0.2, 0.25) is 0 Å². The first-order chi connectivity index (χ1) is 14.2. The highest BCUT2D eigenvalue weighted by molar-refractivity contribution is 6.08. The molecule has 0 aromatic carbocycles. The van der Waals surface area contributed by atoms with E-state index < -0.39 is 0 Å². The Kier molecular flexibility index (Phi) is 6.18. The minimum Gasteiger partial charge on any atom is -0.383 e. The maximum atomic E-state index is 12.8. The molecule has 3 aliphatic rings. The van der Waals surface area contributed by atoms with Gasteiger partial charge in [-0.25, -0.2) is 9.78 Å². The zero-order valence-corrected chi connectivity index (χ0v) is 17.2. The Bertz CT molecular complexity index is 738. The number of hydrogen-bond donors (Lipinski definition) is 3. The standard InChI is InChI=1S/C21H32N6O2/c1-29-15-12-23-19-21(26-17-8-5-11-22-18(17)25-19)9-13-27(14-10-21)20(28)24-16-6-3-2-4-7-16/h5,8,11,16,26H,2-4,6-7,9-10,12-15H2,1H3,(H,24,28)(H,22,23,25). The average molecular weight is 401 g/mol. The Balaban J connectivity index is 1.44. The molecule has 8 nitrogen and oxygen atoms in total. The van der Waals surface area contributed by atoms with Crippen molar-refractivity contribution < 1.29 is 9.53 Å². The molecule has 1 saturated carbocycles. The number of nitrogens with zero attached hydrogens (tertiary/aromatic N) is 3. The van der Waals surface area contributed by atoms with Crippen LogP contribution in [-0.2, 0) is 4.74 Å². The van der Waals surface area contributed by atoms with Crippen LogP contribution in [0.1, 0.15) is 44.9 Å². The van der Waals surface area contributed by atoms with Gasteiger partial charge in [-0.15, -0.1) is 0 Å². The Labute approximate surface area is 172 Å². The number of hydrogen-bond acceptors (Lipinski definition) is 5. The number of urea groups is 1. The molecule has 3 heterocycles. The van der Waals surface area contributed by atoms with Crippen LogP contribution >= 0.6 is 0 Å². The van der Waals surface area contributed by atoms with Crippen LogP contribution < -0.4 is 16.0 Å². The van der Waals surface area contributed by atoms with Gasteiger partial charge in [0.1, 0.15) is 5.84 Å². The molecule has 158 valence electrons. The fraction of sp³-hybridized carbons (Fsp3) is 0.667. The van der Waals surface area contributed by atoms with Gasteiger partial charge in [0, 0.05) is 32.4 Å². The summed E-state index contributed by atoms with van der Waals surface area (Å²) in [7, 11) is 1.68. The van der Waals surface area contributed by atoms with E-state index in [4.69, 9.17) is 9.73 Å². The van der Waals surface area contributed by atoms with E-state index >= 15 is 0 Å². The number of ether oxygens (including phenoxy) is 1. The molecule has 3 N–H and O–H groups in total. The molecule has 0 bridgehead atoms. The predicted molar refractivity (Wildman–Crippen MR) is 115 cm³/mol. The number of amidine groups is 1. The van der Waals surface area contributed by atoms with Crippen molar-refractivity contribution in [3.8, 4) is 0 Å². The van der Waals surface area contributed by atoms with Crippen molar-refractivity contribution in [2.45, 2.75) is 56.5 Å². The number of carbonyl (C=O) groups excluding carboxylic acids is 1. The molecule has 1 spiro atoms. The zero-order chi connectivity index (χ0) is 20.1. The van der Waals surface area contributed by atoms with Gasteiger partial charge in [0.15, 0.2) is 5.82 Å². The fourth-order valence-electron chi connectivity index (χ4n) is 4.56. The first kappa shape index (κ1) is 19.9. The van der Waals surface area contributed by atoms with E-state index in [0.717, 1.165) is 43.0 Å². The lowest BCUT2D eigenvalue weighted by Crippen LogP contribution is -2.60. The Hall–Kier alpha value is -2.35. The van der Waals surface area contributed by atoms with E-state index in [9.17, 15) is 4.79 Å². The summed E-state index contributed by atoms with van der Waals surface area (Å²) in [5.74, 6) is 1.69. The second kappa shape index (κ2) is 8.98. The van der Waals surface area contributed by atoms with Gasteiger partial charge in [-0.1, -0.05) is 19.3 Å². The van der Waals surface area contributed by atoms with Crippen molar-refractivity contribution in [3.63, 3.8) is 0 Å². The lowest BCUT2D eigenvalue weighted by Gasteiger charge is -2.46. The Morgan fingerprint density at radius 1 is 1.34 bits per heavy atom. The molecule has 0 unspecified atom stereocenters. The second-order valence-corrected chi connectivity index (χ2v) is 8.23. The molecule has 0 atom stereocenters. The first-order valence-corrected chi connectivity index (χ1v) is 10.8. The minimum absolute atomic E-state index is 0.0791. The largest absolute Gasteiger partial charge is 0.383 e. The summed E-state index contributed by atoms with van der Waals surface area (Å²) < 4.78 is 5.17. The number of nitrogens with one attached hydrogen (secondary N) is 3. The van der Waals surface area contributed by atoms with Gasteiger partial charge in [0.05, 0.1) is 24.4 Å². The SMILES string of the molecule is COCCN=C1Nc2ncccc2NC12CCN(C(=O)NC1CCCCC1)CC2. The number of piperidine rings is 1. The summed E-state index contributed by atoms with van der Waals surface area (Å²) in [4.78, 5) is 23.9. The molecule has 1 aromatic heterocycles. The molecule has 8 heteroatoms. The molecule has 29 heavy (non-hydrogen) atoms. The van der Waals surface area contributed by atoms with Gasteiger partial charge in [-0.05, 0) is 37.8 Å². The summed E-state index contributed by atoms with van der Waals surface area (Å²) in [6, 6.07) is 4.38. The number of carbonyl (C=O) groups is 1. The lowest BCUT2D eigenvalue weighted by molar-refractivity contribution is 0.170. The van der Waals surface area contributed by atoms with Crippen molar-refractivity contribution in [1.29, 1.82) is 0 Å². The summed E-state index contributed by atoms with van der Waals surface area (Å²) in [6.07, 6.45) is 9.33. The number of fused-ring (bicyclic) bond motifs is 1. The third kappa shape index (κ3) is 4.47. The van der Waals surface area contributed by atoms with Crippen molar-refractivity contribution in [2.24, 2.45) is 4.99 Å². The topological polar surface area (TPSA) is 90.9 Å². The third-order valence-corrected chi connectivity index (χ3v) is 6.27. The predicted octanol–water partition coefficient (Wildman–Crippen LogP) is 2.84. The maximum absolute atomic E-state index is 12.8. The van der Waals surface area contributed by atoms with Gasteiger partial charge in [-0.3, -0.25) is 4.99 Å². The molecule has 1 aromatic rings. The highest BCUT2D eigenvalue weighted by Crippen LogP contribution is 2.36. The van der Waals surface area contributed by atoms with E-state index in [-0.39, 0.29) is 11.6 Å². The number of amides is 2. The summed E-state index contributed by atoms with van der Waals surface area (Å²) in [5.41, 5.74) is 0.684. The van der Waals surface area contributed by atoms with Crippen molar-refractivity contribution in [2.75, 3.05) is 44.0 Å². The van der Waals surface area contributed by atoms with Gasteiger partial charge in [-0.2, -0.15) is 0 Å². The molecule has 4 rings (SSSR count). The molecular formula is C21H32N6O2. The fourth-order valence-corrected chi connectivity index (χ4v) is 4.56. The molecule has 2 aliphatic heterocycles. The average Bonchev–Trinajstić information content (AvgIpc) is 2.75.